The second kappa shape index (κ2) is 6.36. The summed E-state index contributed by atoms with van der Waals surface area (Å²) in [6.07, 6.45) is 6.00. The first-order valence-electron chi connectivity index (χ1n) is 6.79. The molecule has 19 heavy (non-hydrogen) atoms. The third-order valence-electron chi connectivity index (χ3n) is 3.21. The molecule has 1 aromatic heterocycles. The molecule has 2 rings (SSSR count). The molecule has 1 amide bonds. The van der Waals surface area contributed by atoms with E-state index in [-0.39, 0.29) is 18.0 Å². The largest absolute Gasteiger partial charge is 0.381 e. The SMILES string of the molecule is CCCNC(=O)Cn1ncc(NC2CCC2)cc1=O. The Bertz CT molecular complexity index is 494. The predicted molar refractivity (Wildman–Crippen MR) is 73.1 cm³/mol. The lowest BCUT2D eigenvalue weighted by Crippen LogP contribution is -2.34. The zero-order chi connectivity index (χ0) is 13.7. The Hall–Kier alpha value is -1.85. The van der Waals surface area contributed by atoms with Crippen LogP contribution in [0.5, 0.6) is 0 Å². The minimum atomic E-state index is -0.254. The first-order chi connectivity index (χ1) is 9.19. The van der Waals surface area contributed by atoms with Crippen molar-refractivity contribution in [3.63, 3.8) is 0 Å². The lowest BCUT2D eigenvalue weighted by atomic mass is 9.93. The normalized spacial score (nSPS) is 14.8. The van der Waals surface area contributed by atoms with E-state index in [1.807, 2.05) is 6.92 Å². The smallest absolute Gasteiger partial charge is 0.269 e. The highest BCUT2D eigenvalue weighted by Crippen LogP contribution is 2.21. The molecule has 1 aliphatic rings. The van der Waals surface area contributed by atoms with E-state index < -0.39 is 0 Å². The highest BCUT2D eigenvalue weighted by atomic mass is 16.2. The standard InChI is InChI=1S/C13H20N4O2/c1-2-6-14-12(18)9-17-13(19)7-11(8-15-17)16-10-4-3-5-10/h7-8,10,16H,2-6,9H2,1H3,(H,14,18). The number of hydrogen-bond acceptors (Lipinski definition) is 4. The predicted octanol–water partition coefficient (Wildman–Crippen LogP) is 0.734. The van der Waals surface area contributed by atoms with E-state index in [4.69, 9.17) is 0 Å². The van der Waals surface area contributed by atoms with E-state index in [0.29, 0.717) is 12.6 Å². The molecule has 0 aliphatic heterocycles. The third kappa shape index (κ3) is 3.81. The van der Waals surface area contributed by atoms with Crippen molar-refractivity contribution >= 4 is 11.6 Å². The van der Waals surface area contributed by atoms with Crippen LogP contribution in [0.2, 0.25) is 0 Å². The minimum absolute atomic E-state index is 0.0253. The molecular weight excluding hydrogens is 244 g/mol. The number of amides is 1. The first-order valence-corrected chi connectivity index (χ1v) is 6.79. The molecule has 0 unspecified atom stereocenters. The average molecular weight is 264 g/mol. The van der Waals surface area contributed by atoms with Gasteiger partial charge in [0.05, 0.1) is 11.9 Å². The highest BCUT2D eigenvalue weighted by Gasteiger charge is 2.17. The van der Waals surface area contributed by atoms with Crippen molar-refractivity contribution in [2.45, 2.75) is 45.2 Å². The monoisotopic (exact) mass is 264 g/mol. The first kappa shape index (κ1) is 13.6. The summed E-state index contributed by atoms with van der Waals surface area (Å²) < 4.78 is 1.18. The van der Waals surface area contributed by atoms with Crippen LogP contribution in [0.25, 0.3) is 0 Å². The van der Waals surface area contributed by atoms with Crippen molar-refractivity contribution in [3.05, 3.63) is 22.6 Å². The topological polar surface area (TPSA) is 76.0 Å². The molecule has 0 bridgehead atoms. The number of carbonyl (C=O) groups is 1. The molecule has 0 aromatic carbocycles. The molecule has 0 spiro atoms. The fraction of sp³-hybridized carbons (Fsp3) is 0.615. The number of nitrogens with zero attached hydrogens (tertiary/aromatic N) is 2. The Balaban J connectivity index is 1.94. The van der Waals surface area contributed by atoms with Gasteiger partial charge >= 0.3 is 0 Å². The van der Waals surface area contributed by atoms with Gasteiger partial charge in [-0.3, -0.25) is 9.59 Å². The molecule has 1 aliphatic carbocycles. The number of nitrogens with one attached hydrogen (secondary N) is 2. The zero-order valence-corrected chi connectivity index (χ0v) is 11.2. The summed E-state index contributed by atoms with van der Waals surface area (Å²) in [6.45, 7) is 2.57. The molecule has 1 saturated carbocycles. The van der Waals surface area contributed by atoms with Crippen LogP contribution in [0.1, 0.15) is 32.6 Å². The maximum atomic E-state index is 11.8. The van der Waals surface area contributed by atoms with Gasteiger partial charge in [-0.15, -0.1) is 0 Å². The van der Waals surface area contributed by atoms with E-state index in [1.165, 1.54) is 17.2 Å². The molecular formula is C13H20N4O2. The molecule has 104 valence electrons. The number of aromatic nitrogens is 2. The van der Waals surface area contributed by atoms with Gasteiger partial charge in [0.2, 0.25) is 5.91 Å². The van der Waals surface area contributed by atoms with Crippen LogP contribution in [-0.2, 0) is 11.3 Å². The summed E-state index contributed by atoms with van der Waals surface area (Å²) in [6, 6.07) is 1.96. The van der Waals surface area contributed by atoms with Crippen molar-refractivity contribution in [3.8, 4) is 0 Å². The summed E-state index contributed by atoms with van der Waals surface area (Å²) in [5, 5.41) is 10.00. The number of rotatable bonds is 6. The summed E-state index contributed by atoms with van der Waals surface area (Å²) >= 11 is 0. The quantitative estimate of drug-likeness (QED) is 0.794. The maximum absolute atomic E-state index is 11.8. The van der Waals surface area contributed by atoms with Crippen molar-refractivity contribution < 1.29 is 4.79 Å². The van der Waals surface area contributed by atoms with Crippen molar-refractivity contribution in [1.82, 2.24) is 15.1 Å². The van der Waals surface area contributed by atoms with Gasteiger partial charge in [0.15, 0.2) is 0 Å². The highest BCUT2D eigenvalue weighted by molar-refractivity contribution is 5.75. The fourth-order valence-corrected chi connectivity index (χ4v) is 1.88. The Morgan fingerprint density at radius 1 is 1.53 bits per heavy atom. The van der Waals surface area contributed by atoms with Gasteiger partial charge < -0.3 is 10.6 Å². The maximum Gasteiger partial charge on any atom is 0.269 e. The summed E-state index contributed by atoms with van der Waals surface area (Å²) in [4.78, 5) is 23.3. The summed E-state index contributed by atoms with van der Waals surface area (Å²) in [5.41, 5.74) is 0.482. The Morgan fingerprint density at radius 3 is 2.89 bits per heavy atom. The molecule has 1 aromatic rings. The van der Waals surface area contributed by atoms with Gasteiger partial charge in [-0.25, -0.2) is 4.68 Å². The molecule has 0 atom stereocenters. The third-order valence-corrected chi connectivity index (χ3v) is 3.21. The van der Waals surface area contributed by atoms with Crippen LogP contribution >= 0.6 is 0 Å². The second-order valence-electron chi connectivity index (χ2n) is 4.86. The van der Waals surface area contributed by atoms with Crippen LogP contribution in [0.4, 0.5) is 5.69 Å². The Labute approximate surface area is 112 Å². The lowest BCUT2D eigenvalue weighted by Gasteiger charge is -2.27. The Kier molecular flexibility index (Phi) is 4.54. The van der Waals surface area contributed by atoms with Gasteiger partial charge in [0, 0.05) is 18.7 Å². The minimum Gasteiger partial charge on any atom is -0.381 e. The van der Waals surface area contributed by atoms with E-state index in [2.05, 4.69) is 15.7 Å². The van der Waals surface area contributed by atoms with Crippen molar-refractivity contribution in [1.29, 1.82) is 0 Å². The van der Waals surface area contributed by atoms with Gasteiger partial charge in [0.25, 0.3) is 5.56 Å². The van der Waals surface area contributed by atoms with Crippen molar-refractivity contribution in [2.24, 2.45) is 0 Å². The van der Waals surface area contributed by atoms with E-state index >= 15 is 0 Å². The Morgan fingerprint density at radius 2 is 2.32 bits per heavy atom. The van der Waals surface area contributed by atoms with Gasteiger partial charge in [-0.2, -0.15) is 5.10 Å². The van der Waals surface area contributed by atoms with Gasteiger partial charge in [0.1, 0.15) is 6.54 Å². The van der Waals surface area contributed by atoms with E-state index in [0.717, 1.165) is 24.9 Å². The molecule has 6 heteroatoms. The van der Waals surface area contributed by atoms with E-state index in [9.17, 15) is 9.59 Å². The van der Waals surface area contributed by atoms with Crippen LogP contribution in [0.3, 0.4) is 0 Å². The fourth-order valence-electron chi connectivity index (χ4n) is 1.88. The average Bonchev–Trinajstić information content (AvgIpc) is 2.34. The number of anilines is 1. The summed E-state index contributed by atoms with van der Waals surface area (Å²) in [5.74, 6) is -0.184. The lowest BCUT2D eigenvalue weighted by molar-refractivity contribution is -0.121. The van der Waals surface area contributed by atoms with Crippen LogP contribution in [0.15, 0.2) is 17.1 Å². The van der Waals surface area contributed by atoms with Crippen LogP contribution in [0, 0.1) is 0 Å². The van der Waals surface area contributed by atoms with Crippen LogP contribution < -0.4 is 16.2 Å². The second-order valence-corrected chi connectivity index (χ2v) is 4.86. The van der Waals surface area contributed by atoms with Gasteiger partial charge in [-0.1, -0.05) is 6.92 Å². The molecule has 0 saturated heterocycles. The number of hydrogen-bond donors (Lipinski definition) is 2. The number of carbonyl (C=O) groups excluding carboxylic acids is 1. The summed E-state index contributed by atoms with van der Waals surface area (Å²) in [7, 11) is 0. The van der Waals surface area contributed by atoms with E-state index in [1.54, 1.807) is 6.20 Å². The zero-order valence-electron chi connectivity index (χ0n) is 11.2. The molecule has 0 radical (unpaired) electrons. The molecule has 1 fully saturated rings. The van der Waals surface area contributed by atoms with Crippen LogP contribution in [-0.4, -0.2) is 28.3 Å². The van der Waals surface area contributed by atoms with Crippen molar-refractivity contribution in [2.75, 3.05) is 11.9 Å². The van der Waals surface area contributed by atoms with Gasteiger partial charge in [-0.05, 0) is 25.7 Å². The molecule has 6 nitrogen and oxygen atoms in total. The molecule has 2 N–H and O–H groups in total. The molecule has 1 heterocycles.